The molecule has 1 aromatic heterocycles. The van der Waals surface area contributed by atoms with Gasteiger partial charge in [0.05, 0.1) is 0 Å². The molecule has 5 rings (SSSR count). The lowest BCUT2D eigenvalue weighted by Crippen LogP contribution is -2.50. The van der Waals surface area contributed by atoms with Gasteiger partial charge in [-0.25, -0.2) is 13.8 Å². The van der Waals surface area contributed by atoms with Crippen LogP contribution in [0.4, 0.5) is 14.6 Å². The van der Waals surface area contributed by atoms with Crippen molar-refractivity contribution in [1.82, 2.24) is 9.88 Å². The number of hydrogen-bond acceptors (Lipinski definition) is 3. The molecule has 0 bridgehead atoms. The highest BCUT2D eigenvalue weighted by Gasteiger charge is 2.38. The Kier molecular flexibility index (Phi) is 9.10. The number of hydrogen-bond donors (Lipinski definition) is 1. The van der Waals surface area contributed by atoms with Crippen molar-refractivity contribution in [1.29, 1.82) is 0 Å². The molecule has 7 heteroatoms. The first-order valence-corrected chi connectivity index (χ1v) is 13.7. The number of nitrogens with one attached hydrogen (secondary N) is 1. The Morgan fingerprint density at radius 1 is 1.03 bits per heavy atom. The van der Waals surface area contributed by atoms with Crippen LogP contribution in [0.3, 0.4) is 0 Å². The van der Waals surface area contributed by atoms with Crippen LogP contribution in [0, 0.1) is 23.0 Å². The van der Waals surface area contributed by atoms with Crippen molar-refractivity contribution < 1.29 is 18.4 Å². The molecule has 2 heterocycles. The molecule has 2 atom stereocenters. The SMILES string of the molecule is C[C@H]1CCC(C)(C)C(=O)N1CCCc1ccc2c(c1)C[C@H](C(=O)Nc1ccccn1)C2.Fc1cccc(F)c1. The predicted octanol–water partition coefficient (Wildman–Crippen LogP) is 6.37. The van der Waals surface area contributed by atoms with E-state index < -0.39 is 11.6 Å². The number of fused-ring (bicyclic) bond motifs is 1. The highest BCUT2D eigenvalue weighted by atomic mass is 19.1. The Hall–Kier alpha value is -3.61. The molecule has 0 saturated carbocycles. The minimum Gasteiger partial charge on any atom is -0.340 e. The number of halogens is 2. The van der Waals surface area contributed by atoms with Crippen molar-refractivity contribution >= 4 is 17.6 Å². The third kappa shape index (κ3) is 7.49. The number of anilines is 1. The van der Waals surface area contributed by atoms with E-state index in [2.05, 4.69) is 54.2 Å². The van der Waals surface area contributed by atoms with E-state index in [-0.39, 0.29) is 17.2 Å². The Morgan fingerprint density at radius 3 is 2.44 bits per heavy atom. The maximum absolute atomic E-state index is 12.8. The molecule has 5 nitrogen and oxygen atoms in total. The van der Waals surface area contributed by atoms with Gasteiger partial charge < -0.3 is 10.2 Å². The monoisotopic (exact) mass is 533 g/mol. The van der Waals surface area contributed by atoms with Gasteiger partial charge in [0.1, 0.15) is 17.5 Å². The van der Waals surface area contributed by atoms with Crippen molar-refractivity contribution in [3.8, 4) is 0 Å². The molecule has 2 aromatic carbocycles. The van der Waals surface area contributed by atoms with Gasteiger partial charge in [-0.3, -0.25) is 9.59 Å². The van der Waals surface area contributed by atoms with Crippen LogP contribution in [0.2, 0.25) is 0 Å². The Balaban J connectivity index is 0.000000379. The zero-order chi connectivity index (χ0) is 28.0. The van der Waals surface area contributed by atoms with E-state index in [9.17, 15) is 18.4 Å². The summed E-state index contributed by atoms with van der Waals surface area (Å²) in [5.41, 5.74) is 3.61. The molecule has 1 fully saturated rings. The third-order valence-corrected chi connectivity index (χ3v) is 7.70. The zero-order valence-corrected chi connectivity index (χ0v) is 22.9. The fourth-order valence-electron chi connectivity index (χ4n) is 5.33. The zero-order valence-electron chi connectivity index (χ0n) is 22.9. The van der Waals surface area contributed by atoms with E-state index in [0.29, 0.717) is 17.8 Å². The number of likely N-dealkylation sites (tertiary alicyclic amines) is 1. The summed E-state index contributed by atoms with van der Waals surface area (Å²) in [6, 6.07) is 17.0. The van der Waals surface area contributed by atoms with E-state index in [4.69, 9.17) is 0 Å². The highest BCUT2D eigenvalue weighted by molar-refractivity contribution is 5.92. The molecule has 0 spiro atoms. The average molecular weight is 534 g/mol. The molecule has 0 radical (unpaired) electrons. The van der Waals surface area contributed by atoms with Crippen molar-refractivity contribution in [2.75, 3.05) is 11.9 Å². The Morgan fingerprint density at radius 2 is 1.77 bits per heavy atom. The number of amides is 2. The lowest BCUT2D eigenvalue weighted by atomic mass is 9.80. The number of benzene rings is 2. The molecular formula is C32H37F2N3O2. The molecule has 1 aliphatic heterocycles. The molecule has 1 aliphatic carbocycles. The number of pyridine rings is 1. The van der Waals surface area contributed by atoms with Gasteiger partial charge in [-0.05, 0) is 86.4 Å². The second kappa shape index (κ2) is 12.5. The van der Waals surface area contributed by atoms with Gasteiger partial charge in [-0.15, -0.1) is 0 Å². The smallest absolute Gasteiger partial charge is 0.229 e. The molecule has 0 unspecified atom stereocenters. The summed E-state index contributed by atoms with van der Waals surface area (Å²) in [6.07, 6.45) is 7.22. The van der Waals surface area contributed by atoms with Gasteiger partial charge in [0.25, 0.3) is 0 Å². The second-order valence-electron chi connectivity index (χ2n) is 11.2. The van der Waals surface area contributed by atoms with Crippen LogP contribution in [0.5, 0.6) is 0 Å². The minimum atomic E-state index is -0.537. The summed E-state index contributed by atoms with van der Waals surface area (Å²) in [4.78, 5) is 31.7. The van der Waals surface area contributed by atoms with Gasteiger partial charge in [-0.2, -0.15) is 0 Å². The first kappa shape index (κ1) is 28.4. The number of rotatable bonds is 6. The molecule has 1 N–H and O–H groups in total. The predicted molar refractivity (Wildman–Crippen MR) is 149 cm³/mol. The highest BCUT2D eigenvalue weighted by Crippen LogP contribution is 2.33. The summed E-state index contributed by atoms with van der Waals surface area (Å²) in [5, 5.41) is 2.93. The van der Waals surface area contributed by atoms with Crippen molar-refractivity contribution in [2.24, 2.45) is 11.3 Å². The van der Waals surface area contributed by atoms with Crippen LogP contribution in [0.15, 0.2) is 66.9 Å². The fraction of sp³-hybridized carbons (Fsp3) is 0.406. The summed E-state index contributed by atoms with van der Waals surface area (Å²) in [5.74, 6) is -0.177. The van der Waals surface area contributed by atoms with E-state index in [1.54, 1.807) is 6.20 Å². The van der Waals surface area contributed by atoms with E-state index in [0.717, 1.165) is 51.1 Å². The number of carbonyl (C=O) groups excluding carboxylic acids is 2. The molecule has 2 aliphatic rings. The lowest BCUT2D eigenvalue weighted by molar-refractivity contribution is -0.147. The number of aryl methyl sites for hydroxylation is 1. The molecule has 39 heavy (non-hydrogen) atoms. The van der Waals surface area contributed by atoms with Crippen LogP contribution in [0.1, 0.15) is 56.7 Å². The quantitative estimate of drug-likeness (QED) is 0.401. The maximum Gasteiger partial charge on any atom is 0.229 e. The normalized spacial score (nSPS) is 19.6. The summed E-state index contributed by atoms with van der Waals surface area (Å²) < 4.78 is 23.9. The van der Waals surface area contributed by atoms with Crippen molar-refractivity contribution in [3.05, 3.63) is 95.2 Å². The number of nitrogens with zero attached hydrogens (tertiary/aromatic N) is 2. The third-order valence-electron chi connectivity index (χ3n) is 7.70. The lowest BCUT2D eigenvalue weighted by Gasteiger charge is -2.41. The number of aromatic nitrogens is 1. The van der Waals surface area contributed by atoms with Crippen molar-refractivity contribution in [3.63, 3.8) is 0 Å². The molecule has 3 aromatic rings. The Bertz CT molecular complexity index is 1280. The molecular weight excluding hydrogens is 496 g/mol. The van der Waals surface area contributed by atoms with Crippen LogP contribution >= 0.6 is 0 Å². The summed E-state index contributed by atoms with van der Waals surface area (Å²) in [7, 11) is 0. The van der Waals surface area contributed by atoms with E-state index in [1.807, 2.05) is 18.2 Å². The summed E-state index contributed by atoms with van der Waals surface area (Å²) >= 11 is 0. The van der Waals surface area contributed by atoms with Gasteiger partial charge in [0.15, 0.2) is 0 Å². The van der Waals surface area contributed by atoms with Gasteiger partial charge >= 0.3 is 0 Å². The first-order chi connectivity index (χ1) is 18.6. The number of carbonyl (C=O) groups is 2. The first-order valence-electron chi connectivity index (χ1n) is 13.7. The largest absolute Gasteiger partial charge is 0.340 e. The molecule has 2 amide bonds. The van der Waals surface area contributed by atoms with Gasteiger partial charge in [-0.1, -0.05) is 44.2 Å². The van der Waals surface area contributed by atoms with Gasteiger partial charge in [0, 0.05) is 36.2 Å². The molecule has 206 valence electrons. The van der Waals surface area contributed by atoms with Gasteiger partial charge in [0.2, 0.25) is 11.8 Å². The maximum atomic E-state index is 12.8. The fourth-order valence-corrected chi connectivity index (χ4v) is 5.33. The van der Waals surface area contributed by atoms with Crippen LogP contribution in [-0.2, 0) is 28.9 Å². The topological polar surface area (TPSA) is 62.3 Å². The van der Waals surface area contributed by atoms with E-state index >= 15 is 0 Å². The average Bonchev–Trinajstić information content (AvgIpc) is 3.33. The standard InChI is InChI=1S/C26H33N3O2.C6H4F2/c1-18-11-12-26(2,3)25(31)29(18)14-6-7-19-9-10-20-16-22(17-21(20)15-19)24(30)28-23-8-4-5-13-27-23;7-5-2-1-3-6(8)4-5/h4-5,8-10,13,15,18,22H,6-7,11-12,14,16-17H2,1-3H3,(H,27,28,30);1-4H/t18-,22+;/m0./s1. The van der Waals surface area contributed by atoms with Crippen molar-refractivity contribution in [2.45, 2.75) is 65.3 Å². The van der Waals surface area contributed by atoms with E-state index in [1.165, 1.54) is 34.9 Å². The molecule has 1 saturated heterocycles. The second-order valence-corrected chi connectivity index (χ2v) is 11.2. The van der Waals surface area contributed by atoms with Crippen LogP contribution in [0.25, 0.3) is 0 Å². The van der Waals surface area contributed by atoms with Crippen LogP contribution < -0.4 is 5.32 Å². The number of piperidine rings is 1. The van der Waals surface area contributed by atoms with Crippen LogP contribution in [-0.4, -0.2) is 34.3 Å². The Labute approximate surface area is 229 Å². The minimum absolute atomic E-state index is 0.0386. The summed E-state index contributed by atoms with van der Waals surface area (Å²) in [6.45, 7) is 7.11.